The van der Waals surface area contributed by atoms with E-state index in [2.05, 4.69) is 19.1 Å². The van der Waals surface area contributed by atoms with Crippen molar-refractivity contribution in [3.05, 3.63) is 42.0 Å². The predicted molar refractivity (Wildman–Crippen MR) is 97.8 cm³/mol. The van der Waals surface area contributed by atoms with Crippen LogP contribution < -0.4 is 0 Å². The number of likely N-dealkylation sites (N-methyl/N-ethyl adjacent to an activating group) is 1. The van der Waals surface area contributed by atoms with E-state index in [1.807, 2.05) is 44.4 Å². The lowest BCUT2D eigenvalue weighted by Gasteiger charge is -2.57. The molecule has 3 rings (SSSR count). The number of rotatable bonds is 2. The van der Waals surface area contributed by atoms with Crippen molar-refractivity contribution in [2.75, 3.05) is 28.2 Å². The van der Waals surface area contributed by atoms with Crippen LogP contribution in [0, 0.1) is 5.92 Å². The molecule has 2 aliphatic rings. The Labute approximate surface area is 149 Å². The summed E-state index contributed by atoms with van der Waals surface area (Å²) in [6.45, 7) is 2.06. The van der Waals surface area contributed by atoms with Crippen LogP contribution in [0.15, 0.2) is 36.4 Å². The van der Waals surface area contributed by atoms with Crippen molar-refractivity contribution in [2.24, 2.45) is 5.92 Å². The molecule has 1 aromatic carbocycles. The van der Waals surface area contributed by atoms with E-state index in [-0.39, 0.29) is 36.2 Å². The molecular formula is C19H26N4O2. The molecule has 4 amide bonds. The number of benzene rings is 1. The molecule has 134 valence electrons. The SMILES string of the molecule is C[C@@H]1[C@H]2[C@H](N(C)C(=O)N1C)N(C)C(=O)N(C)[C@@H]2/C=C/c1ccccc1. The molecular weight excluding hydrogens is 316 g/mol. The van der Waals surface area contributed by atoms with E-state index in [1.165, 1.54) is 0 Å². The van der Waals surface area contributed by atoms with Crippen LogP contribution in [-0.2, 0) is 0 Å². The van der Waals surface area contributed by atoms with E-state index in [1.54, 1.807) is 33.7 Å². The van der Waals surface area contributed by atoms with Gasteiger partial charge in [0.2, 0.25) is 0 Å². The number of hydrogen-bond donors (Lipinski definition) is 0. The molecule has 0 radical (unpaired) electrons. The van der Waals surface area contributed by atoms with Gasteiger partial charge in [-0.15, -0.1) is 0 Å². The second-order valence-corrected chi connectivity index (χ2v) is 7.00. The summed E-state index contributed by atoms with van der Waals surface area (Å²) in [4.78, 5) is 32.1. The summed E-state index contributed by atoms with van der Waals surface area (Å²) in [5.74, 6) is 0.0976. The van der Waals surface area contributed by atoms with E-state index in [4.69, 9.17) is 0 Å². The van der Waals surface area contributed by atoms with Gasteiger partial charge >= 0.3 is 12.1 Å². The quantitative estimate of drug-likeness (QED) is 0.828. The Morgan fingerprint density at radius 2 is 1.40 bits per heavy atom. The highest BCUT2D eigenvalue weighted by Gasteiger charge is 2.52. The second-order valence-electron chi connectivity index (χ2n) is 7.00. The minimum Gasteiger partial charge on any atom is -0.324 e. The maximum atomic E-state index is 12.7. The molecule has 0 aliphatic carbocycles. The standard InChI is InChI=1S/C19H26N4O2/c1-13-16-15(12-11-14-9-7-6-8-10-14)21(3)19(25)23(5)17(16)22(4)18(24)20(13)2/h6-13,15-17H,1-5H3/b12-11+/t13-,15-,16-,17-/m1/s1. The molecule has 6 heteroatoms. The van der Waals surface area contributed by atoms with Gasteiger partial charge in [-0.1, -0.05) is 42.5 Å². The zero-order chi connectivity index (χ0) is 18.3. The highest BCUT2D eigenvalue weighted by molar-refractivity contribution is 5.80. The molecule has 2 aliphatic heterocycles. The molecule has 0 bridgehead atoms. The predicted octanol–water partition coefficient (Wildman–Crippen LogP) is 2.39. The van der Waals surface area contributed by atoms with Crippen molar-refractivity contribution in [1.29, 1.82) is 0 Å². The number of amides is 4. The fraction of sp³-hybridized carbons (Fsp3) is 0.474. The Kier molecular flexibility index (Phi) is 4.45. The van der Waals surface area contributed by atoms with Gasteiger partial charge in [-0.25, -0.2) is 9.59 Å². The molecule has 1 aromatic rings. The Hall–Kier alpha value is -2.50. The van der Waals surface area contributed by atoms with Gasteiger partial charge in [0.15, 0.2) is 0 Å². The minimum atomic E-state index is -0.243. The van der Waals surface area contributed by atoms with Gasteiger partial charge < -0.3 is 19.6 Å². The van der Waals surface area contributed by atoms with Gasteiger partial charge in [-0.3, -0.25) is 0 Å². The Morgan fingerprint density at radius 3 is 2.00 bits per heavy atom. The molecule has 0 spiro atoms. The maximum Gasteiger partial charge on any atom is 0.321 e. The smallest absolute Gasteiger partial charge is 0.321 e. The van der Waals surface area contributed by atoms with Crippen LogP contribution >= 0.6 is 0 Å². The van der Waals surface area contributed by atoms with Crippen molar-refractivity contribution < 1.29 is 9.59 Å². The highest BCUT2D eigenvalue weighted by atomic mass is 16.2. The highest BCUT2D eigenvalue weighted by Crippen LogP contribution is 2.36. The lowest BCUT2D eigenvalue weighted by Crippen LogP contribution is -2.73. The first-order valence-electron chi connectivity index (χ1n) is 8.57. The van der Waals surface area contributed by atoms with Crippen LogP contribution in [0.25, 0.3) is 6.08 Å². The lowest BCUT2D eigenvalue weighted by molar-refractivity contribution is -0.0534. The summed E-state index contributed by atoms with van der Waals surface area (Å²) in [5, 5.41) is 0. The summed E-state index contributed by atoms with van der Waals surface area (Å²) in [7, 11) is 7.21. The molecule has 25 heavy (non-hydrogen) atoms. The van der Waals surface area contributed by atoms with Crippen LogP contribution in [0.4, 0.5) is 9.59 Å². The van der Waals surface area contributed by atoms with E-state index in [9.17, 15) is 9.59 Å². The minimum absolute atomic E-state index is 0.0251. The average molecular weight is 342 g/mol. The fourth-order valence-corrected chi connectivity index (χ4v) is 4.06. The first kappa shape index (κ1) is 17.3. The molecule has 2 heterocycles. The monoisotopic (exact) mass is 342 g/mol. The molecule has 0 N–H and O–H groups in total. The third-order valence-corrected chi connectivity index (χ3v) is 5.64. The number of nitrogens with zero attached hydrogens (tertiary/aromatic N) is 4. The van der Waals surface area contributed by atoms with E-state index < -0.39 is 0 Å². The molecule has 2 saturated heterocycles. The lowest BCUT2D eigenvalue weighted by atomic mass is 9.82. The van der Waals surface area contributed by atoms with Gasteiger partial charge in [0.25, 0.3) is 0 Å². The number of carbonyl (C=O) groups is 2. The summed E-state index contributed by atoms with van der Waals surface area (Å²) in [6.07, 6.45) is 3.90. The fourth-order valence-electron chi connectivity index (χ4n) is 4.06. The Morgan fingerprint density at radius 1 is 0.840 bits per heavy atom. The van der Waals surface area contributed by atoms with Crippen molar-refractivity contribution in [2.45, 2.75) is 25.2 Å². The van der Waals surface area contributed by atoms with Crippen LogP contribution in [0.5, 0.6) is 0 Å². The van der Waals surface area contributed by atoms with Crippen LogP contribution in [0.3, 0.4) is 0 Å². The largest absolute Gasteiger partial charge is 0.324 e. The molecule has 2 fully saturated rings. The van der Waals surface area contributed by atoms with Gasteiger partial charge in [0.05, 0.1) is 6.04 Å². The third-order valence-electron chi connectivity index (χ3n) is 5.64. The van der Waals surface area contributed by atoms with Crippen LogP contribution in [0.1, 0.15) is 12.5 Å². The summed E-state index contributed by atoms with van der Waals surface area (Å²) in [5.41, 5.74) is 1.10. The Balaban J connectivity index is 1.99. The van der Waals surface area contributed by atoms with Gasteiger partial charge in [0, 0.05) is 40.2 Å². The van der Waals surface area contributed by atoms with E-state index in [0.29, 0.717) is 0 Å². The van der Waals surface area contributed by atoms with E-state index >= 15 is 0 Å². The van der Waals surface area contributed by atoms with Crippen molar-refractivity contribution in [3.8, 4) is 0 Å². The number of urea groups is 2. The molecule has 0 unspecified atom stereocenters. The van der Waals surface area contributed by atoms with Gasteiger partial charge in [0.1, 0.15) is 6.17 Å². The third kappa shape index (κ3) is 2.75. The van der Waals surface area contributed by atoms with Crippen molar-refractivity contribution in [3.63, 3.8) is 0 Å². The molecule has 4 atom stereocenters. The van der Waals surface area contributed by atoms with Crippen LogP contribution in [-0.4, -0.2) is 78.1 Å². The Bertz CT molecular complexity index is 686. The first-order chi connectivity index (χ1) is 11.8. The van der Waals surface area contributed by atoms with Crippen molar-refractivity contribution in [1.82, 2.24) is 19.6 Å². The molecule has 6 nitrogen and oxygen atoms in total. The summed E-state index contributed by atoms with van der Waals surface area (Å²) >= 11 is 0. The van der Waals surface area contributed by atoms with Gasteiger partial charge in [-0.05, 0) is 12.5 Å². The average Bonchev–Trinajstić information content (AvgIpc) is 2.62. The van der Waals surface area contributed by atoms with Crippen LogP contribution in [0.2, 0.25) is 0 Å². The zero-order valence-corrected chi connectivity index (χ0v) is 15.5. The topological polar surface area (TPSA) is 47.1 Å². The second kappa shape index (κ2) is 6.43. The number of carbonyl (C=O) groups excluding carboxylic acids is 2. The van der Waals surface area contributed by atoms with E-state index in [0.717, 1.165) is 5.56 Å². The van der Waals surface area contributed by atoms with Crippen molar-refractivity contribution >= 4 is 18.1 Å². The first-order valence-corrected chi connectivity index (χ1v) is 8.57. The van der Waals surface area contributed by atoms with Gasteiger partial charge in [-0.2, -0.15) is 0 Å². The summed E-state index contributed by atoms with van der Waals surface area (Å²) in [6, 6.07) is 9.87. The number of hydrogen-bond acceptors (Lipinski definition) is 2. The number of fused-ring (bicyclic) bond motifs is 1. The molecule has 0 saturated carbocycles. The normalized spacial score (nSPS) is 30.3. The zero-order valence-electron chi connectivity index (χ0n) is 15.5. The summed E-state index contributed by atoms with van der Waals surface area (Å²) < 4.78 is 0. The maximum absolute atomic E-state index is 12.7. The molecule has 0 aromatic heterocycles.